The molecule has 1 saturated carbocycles. The van der Waals surface area contributed by atoms with Crippen LogP contribution in [0, 0.1) is 5.92 Å². The zero-order chi connectivity index (χ0) is 10.4. The fourth-order valence-electron chi connectivity index (χ4n) is 1.47. The largest absolute Gasteiger partial charge is 0.392 e. The van der Waals surface area contributed by atoms with Crippen molar-refractivity contribution in [2.75, 3.05) is 0 Å². The maximum absolute atomic E-state index is 11.1. The Balaban J connectivity index is 0.000000671. The summed E-state index contributed by atoms with van der Waals surface area (Å²) < 4.78 is 0. The van der Waals surface area contributed by atoms with Crippen molar-refractivity contribution in [2.45, 2.75) is 46.1 Å². The zero-order valence-electron chi connectivity index (χ0n) is 8.54. The molecule has 0 amide bonds. The molecule has 1 unspecified atom stereocenters. The molecule has 0 aromatic rings. The van der Waals surface area contributed by atoms with Crippen LogP contribution < -0.4 is 0 Å². The predicted octanol–water partition coefficient (Wildman–Crippen LogP) is 1.33. The van der Waals surface area contributed by atoms with E-state index >= 15 is 0 Å². The first-order valence-corrected chi connectivity index (χ1v) is 4.86. The van der Waals surface area contributed by atoms with Crippen molar-refractivity contribution in [2.24, 2.45) is 5.92 Å². The summed E-state index contributed by atoms with van der Waals surface area (Å²) in [6.07, 6.45) is 0.735. The molecule has 1 rings (SSSR count). The number of ketones is 2. The third-order valence-electron chi connectivity index (χ3n) is 2.02. The fraction of sp³-hybridized carbons (Fsp3) is 0.800. The third-order valence-corrected chi connectivity index (χ3v) is 2.02. The highest BCUT2D eigenvalue weighted by Crippen LogP contribution is 2.19. The van der Waals surface area contributed by atoms with Crippen LogP contribution in [0.5, 0.6) is 0 Å². The van der Waals surface area contributed by atoms with Gasteiger partial charge in [-0.3, -0.25) is 9.59 Å². The van der Waals surface area contributed by atoms with Crippen molar-refractivity contribution < 1.29 is 14.7 Å². The van der Waals surface area contributed by atoms with E-state index in [4.69, 9.17) is 5.11 Å². The Morgan fingerprint density at radius 1 is 1.23 bits per heavy atom. The molecule has 0 saturated heterocycles. The van der Waals surface area contributed by atoms with E-state index in [0.29, 0.717) is 19.3 Å². The van der Waals surface area contributed by atoms with E-state index in [-0.39, 0.29) is 11.6 Å². The summed E-state index contributed by atoms with van der Waals surface area (Å²) in [4.78, 5) is 22.1. The molecule has 3 heteroatoms. The van der Waals surface area contributed by atoms with Gasteiger partial charge in [0.1, 0.15) is 17.5 Å². The first-order valence-electron chi connectivity index (χ1n) is 4.86. The number of hydrogen-bond acceptors (Lipinski definition) is 3. The average Bonchev–Trinajstić information content (AvgIpc) is 2.07. The van der Waals surface area contributed by atoms with Gasteiger partial charge in [-0.25, -0.2) is 0 Å². The van der Waals surface area contributed by atoms with Gasteiger partial charge < -0.3 is 5.11 Å². The summed E-state index contributed by atoms with van der Waals surface area (Å²) in [6, 6.07) is 0. The highest BCUT2D eigenvalue weighted by atomic mass is 16.3. The van der Waals surface area contributed by atoms with Gasteiger partial charge in [-0.1, -0.05) is 13.8 Å². The van der Waals surface area contributed by atoms with Gasteiger partial charge in [0, 0.05) is 12.8 Å². The molecule has 1 atom stereocenters. The molecule has 3 nitrogen and oxygen atoms in total. The van der Waals surface area contributed by atoms with Crippen LogP contribution in [0.3, 0.4) is 0 Å². The van der Waals surface area contributed by atoms with E-state index < -0.39 is 12.0 Å². The molecule has 0 spiro atoms. The highest BCUT2D eigenvalue weighted by Gasteiger charge is 2.33. The predicted molar refractivity (Wildman–Crippen MR) is 50.4 cm³/mol. The van der Waals surface area contributed by atoms with Gasteiger partial charge in [-0.2, -0.15) is 0 Å². The number of aliphatic hydroxyl groups is 1. The second-order valence-electron chi connectivity index (χ2n) is 3.00. The normalized spacial score (nSPS) is 20.6. The van der Waals surface area contributed by atoms with Crippen molar-refractivity contribution >= 4 is 11.6 Å². The van der Waals surface area contributed by atoms with Crippen LogP contribution in [0.1, 0.15) is 40.0 Å². The molecule has 0 aromatic heterocycles. The minimum atomic E-state index is -0.810. The second-order valence-corrected chi connectivity index (χ2v) is 3.00. The van der Waals surface area contributed by atoms with Crippen LogP contribution in [0.25, 0.3) is 0 Å². The molecule has 0 aromatic carbocycles. The first kappa shape index (κ1) is 12.3. The third kappa shape index (κ3) is 3.27. The molecule has 1 fully saturated rings. The standard InChI is InChI=1S/C8H12O3.C2H6/c1-5(9)8-6(10)3-2-4-7(8)11;1-2/h5,8-9H,2-4H2,1H3;1-2H3. The van der Waals surface area contributed by atoms with Crippen molar-refractivity contribution in [3.05, 3.63) is 0 Å². The smallest absolute Gasteiger partial charge is 0.145 e. The van der Waals surface area contributed by atoms with Crippen LogP contribution in [0.2, 0.25) is 0 Å². The van der Waals surface area contributed by atoms with Crippen molar-refractivity contribution in [3.8, 4) is 0 Å². The molecule has 0 heterocycles. The van der Waals surface area contributed by atoms with E-state index in [1.165, 1.54) is 6.92 Å². The summed E-state index contributed by atoms with van der Waals surface area (Å²) in [5.74, 6) is -0.934. The maximum Gasteiger partial charge on any atom is 0.145 e. The second kappa shape index (κ2) is 5.86. The van der Waals surface area contributed by atoms with E-state index in [1.54, 1.807) is 0 Å². The molecule has 76 valence electrons. The van der Waals surface area contributed by atoms with Crippen LogP contribution in [0.15, 0.2) is 0 Å². The monoisotopic (exact) mass is 186 g/mol. The van der Waals surface area contributed by atoms with Gasteiger partial charge in [-0.05, 0) is 13.3 Å². The molecular weight excluding hydrogens is 168 g/mol. The molecule has 1 aliphatic carbocycles. The summed E-state index contributed by atoms with van der Waals surface area (Å²) in [6.45, 7) is 5.49. The van der Waals surface area contributed by atoms with Crippen molar-refractivity contribution in [1.29, 1.82) is 0 Å². The van der Waals surface area contributed by atoms with Crippen molar-refractivity contribution in [3.63, 3.8) is 0 Å². The summed E-state index contributed by atoms with van der Waals surface area (Å²) in [5.41, 5.74) is 0. The Morgan fingerprint density at radius 2 is 1.62 bits per heavy atom. The lowest BCUT2D eigenvalue weighted by Crippen LogP contribution is -2.36. The molecule has 1 N–H and O–H groups in total. The number of Topliss-reactive ketones (excluding diaryl/α,β-unsaturated/α-hetero) is 2. The molecular formula is C10H18O3. The Bertz CT molecular complexity index is 169. The van der Waals surface area contributed by atoms with E-state index in [9.17, 15) is 9.59 Å². The first-order chi connectivity index (χ1) is 6.13. The number of rotatable bonds is 1. The van der Waals surface area contributed by atoms with E-state index in [2.05, 4.69) is 0 Å². The Kier molecular flexibility index (Phi) is 5.55. The van der Waals surface area contributed by atoms with Gasteiger partial charge in [0.05, 0.1) is 6.10 Å². The van der Waals surface area contributed by atoms with Gasteiger partial charge >= 0.3 is 0 Å². The quantitative estimate of drug-likeness (QED) is 0.628. The Hall–Kier alpha value is -0.700. The number of carbonyl (C=O) groups is 2. The topological polar surface area (TPSA) is 54.4 Å². The van der Waals surface area contributed by atoms with Crippen LogP contribution in [-0.2, 0) is 9.59 Å². The van der Waals surface area contributed by atoms with Crippen LogP contribution in [0.4, 0.5) is 0 Å². The molecule has 0 radical (unpaired) electrons. The van der Waals surface area contributed by atoms with Crippen molar-refractivity contribution in [1.82, 2.24) is 0 Å². The number of aliphatic hydroxyl groups excluding tert-OH is 1. The lowest BCUT2D eigenvalue weighted by atomic mass is 9.83. The molecule has 0 aliphatic heterocycles. The van der Waals surface area contributed by atoms with Crippen LogP contribution in [-0.4, -0.2) is 22.8 Å². The molecule has 0 bridgehead atoms. The number of carbonyl (C=O) groups excluding carboxylic acids is 2. The van der Waals surface area contributed by atoms with Crippen LogP contribution >= 0.6 is 0 Å². The van der Waals surface area contributed by atoms with E-state index in [1.807, 2.05) is 13.8 Å². The molecule has 1 aliphatic rings. The summed E-state index contributed by atoms with van der Waals surface area (Å²) >= 11 is 0. The average molecular weight is 186 g/mol. The Morgan fingerprint density at radius 3 is 1.85 bits per heavy atom. The minimum absolute atomic E-state index is 0.101. The minimum Gasteiger partial charge on any atom is -0.392 e. The fourth-order valence-corrected chi connectivity index (χ4v) is 1.47. The highest BCUT2D eigenvalue weighted by molar-refractivity contribution is 6.04. The van der Waals surface area contributed by atoms with E-state index in [0.717, 1.165) is 0 Å². The zero-order valence-corrected chi connectivity index (χ0v) is 8.54. The summed E-state index contributed by atoms with van der Waals surface area (Å²) in [5, 5.41) is 9.08. The number of hydrogen-bond donors (Lipinski definition) is 1. The lowest BCUT2D eigenvalue weighted by Gasteiger charge is -2.21. The lowest BCUT2D eigenvalue weighted by molar-refractivity contribution is -0.139. The van der Waals surface area contributed by atoms with Gasteiger partial charge in [0.2, 0.25) is 0 Å². The summed E-state index contributed by atoms with van der Waals surface area (Å²) in [7, 11) is 0. The SMILES string of the molecule is CC.CC(O)C1C(=O)CCCC1=O. The van der Waals surface area contributed by atoms with Gasteiger partial charge in [0.15, 0.2) is 0 Å². The van der Waals surface area contributed by atoms with Gasteiger partial charge in [-0.15, -0.1) is 0 Å². The Labute approximate surface area is 79.1 Å². The molecule has 13 heavy (non-hydrogen) atoms. The van der Waals surface area contributed by atoms with Gasteiger partial charge in [0.25, 0.3) is 0 Å². The maximum atomic E-state index is 11.1.